The van der Waals surface area contributed by atoms with E-state index in [9.17, 15) is 0 Å². The van der Waals surface area contributed by atoms with Crippen LogP contribution in [0.1, 0.15) is 11.4 Å². The van der Waals surface area contributed by atoms with Crippen molar-refractivity contribution in [3.63, 3.8) is 0 Å². The molecule has 0 saturated heterocycles. The Morgan fingerprint density at radius 1 is 1.80 bits per heavy atom. The van der Waals surface area contributed by atoms with Crippen LogP contribution < -0.4 is 0 Å². The number of hydrogen-bond donors (Lipinski definition) is 0. The molecule has 0 aliphatic rings. The van der Waals surface area contributed by atoms with E-state index < -0.39 is 0 Å². The Morgan fingerprint density at radius 3 is 3.10 bits per heavy atom. The Hall–Kier alpha value is -0.330. The zero-order valence-electron chi connectivity index (χ0n) is 5.30. The second-order valence-corrected chi connectivity index (χ2v) is 4.26. The van der Waals surface area contributed by atoms with Crippen molar-refractivity contribution in [2.75, 3.05) is 0 Å². The summed E-state index contributed by atoms with van der Waals surface area (Å²) >= 11 is 4.97. The molecule has 1 nitrogen and oxygen atoms in total. The molecule has 0 radical (unpaired) electrons. The van der Waals surface area contributed by atoms with Gasteiger partial charge in [0.05, 0.1) is 15.0 Å². The van der Waals surface area contributed by atoms with E-state index in [0.29, 0.717) is 0 Å². The van der Waals surface area contributed by atoms with E-state index in [1.54, 1.807) is 17.5 Å². The van der Waals surface area contributed by atoms with Gasteiger partial charge in [0.25, 0.3) is 0 Å². The third kappa shape index (κ3) is 2.13. The van der Waals surface area contributed by atoms with Gasteiger partial charge in [-0.1, -0.05) is 0 Å². The highest BCUT2D eigenvalue weighted by atomic mass is 79.9. The van der Waals surface area contributed by atoms with E-state index in [0.717, 1.165) is 21.6 Å². The Morgan fingerprint density at radius 2 is 2.60 bits per heavy atom. The predicted molar refractivity (Wildman–Crippen MR) is 47.0 cm³/mol. The van der Waals surface area contributed by atoms with Crippen LogP contribution in [0.25, 0.3) is 0 Å². The molecule has 3 heteroatoms. The maximum absolute atomic E-state index is 5.10. The van der Waals surface area contributed by atoms with E-state index >= 15 is 0 Å². The minimum absolute atomic E-state index is 0.778. The molecule has 52 valence electrons. The predicted octanol–water partition coefficient (Wildman–Crippen LogP) is 2.47. The first-order valence-electron chi connectivity index (χ1n) is 2.86. The van der Waals surface area contributed by atoms with Crippen molar-refractivity contribution in [3.05, 3.63) is 15.0 Å². The summed E-state index contributed by atoms with van der Waals surface area (Å²) in [4.78, 5) is 4.13. The molecule has 1 aromatic heterocycles. The fourth-order valence-electron chi connectivity index (χ4n) is 0.583. The van der Waals surface area contributed by atoms with Gasteiger partial charge >= 0.3 is 0 Å². The minimum atomic E-state index is 0.778. The molecule has 1 rings (SSSR count). The lowest BCUT2D eigenvalue weighted by Crippen LogP contribution is -1.78. The molecule has 0 bridgehead atoms. The van der Waals surface area contributed by atoms with Crippen molar-refractivity contribution in [1.82, 2.24) is 4.98 Å². The molecule has 0 unspecified atom stereocenters. The van der Waals surface area contributed by atoms with Gasteiger partial charge < -0.3 is 0 Å². The van der Waals surface area contributed by atoms with Gasteiger partial charge in [0.1, 0.15) is 0 Å². The second kappa shape index (κ2) is 3.75. The normalized spacial score (nSPS) is 9.20. The lowest BCUT2D eigenvalue weighted by molar-refractivity contribution is 1.00. The molecule has 0 saturated carbocycles. The van der Waals surface area contributed by atoms with E-state index in [1.807, 2.05) is 0 Å². The van der Waals surface area contributed by atoms with Crippen LogP contribution in [0.2, 0.25) is 0 Å². The van der Waals surface area contributed by atoms with E-state index in [4.69, 9.17) is 6.42 Å². The van der Waals surface area contributed by atoms with Crippen LogP contribution in [-0.4, -0.2) is 4.98 Å². The highest BCUT2D eigenvalue weighted by molar-refractivity contribution is 9.11. The summed E-state index contributed by atoms with van der Waals surface area (Å²) in [5.74, 6) is 2.58. The molecule has 1 heterocycles. The summed E-state index contributed by atoms with van der Waals surface area (Å²) in [6, 6.07) is 0. The van der Waals surface area contributed by atoms with Gasteiger partial charge in [0.15, 0.2) is 0 Å². The lowest BCUT2D eigenvalue weighted by Gasteiger charge is -1.84. The van der Waals surface area contributed by atoms with Gasteiger partial charge in [-0.15, -0.1) is 23.7 Å². The first-order chi connectivity index (χ1) is 4.83. The summed E-state index contributed by atoms with van der Waals surface area (Å²) in [6.45, 7) is 0. The Bertz CT molecular complexity index is 248. The number of rotatable bonds is 2. The first kappa shape index (κ1) is 7.77. The van der Waals surface area contributed by atoms with Gasteiger partial charge in [0.2, 0.25) is 0 Å². The molecule has 1 aromatic rings. The van der Waals surface area contributed by atoms with Gasteiger partial charge in [-0.05, 0) is 15.9 Å². The van der Waals surface area contributed by atoms with Crippen LogP contribution in [0.15, 0.2) is 9.98 Å². The molecule has 0 spiro atoms. The van der Waals surface area contributed by atoms with Crippen molar-refractivity contribution < 1.29 is 0 Å². The van der Waals surface area contributed by atoms with Crippen molar-refractivity contribution in [2.45, 2.75) is 12.8 Å². The molecule has 0 fully saturated rings. The third-order valence-electron chi connectivity index (χ3n) is 1.01. The third-order valence-corrected chi connectivity index (χ3v) is 2.54. The van der Waals surface area contributed by atoms with E-state index in [-0.39, 0.29) is 0 Å². The van der Waals surface area contributed by atoms with Crippen molar-refractivity contribution in [1.29, 1.82) is 0 Å². The van der Waals surface area contributed by atoms with Crippen LogP contribution in [0.3, 0.4) is 0 Å². The number of aryl methyl sites for hydroxylation is 1. The van der Waals surface area contributed by atoms with Gasteiger partial charge in [-0.3, -0.25) is 0 Å². The Kier molecular flexibility index (Phi) is 2.91. The number of halogens is 1. The van der Waals surface area contributed by atoms with Crippen LogP contribution >= 0.6 is 27.3 Å². The molecule has 0 N–H and O–H groups in total. The van der Waals surface area contributed by atoms with Gasteiger partial charge in [-0.2, -0.15) is 0 Å². The number of nitrogens with zero attached hydrogens (tertiary/aromatic N) is 1. The van der Waals surface area contributed by atoms with Crippen molar-refractivity contribution in [3.8, 4) is 12.3 Å². The molecule has 0 aromatic carbocycles. The zero-order chi connectivity index (χ0) is 7.40. The highest BCUT2D eigenvalue weighted by Crippen LogP contribution is 2.19. The average Bonchev–Trinajstić information content (AvgIpc) is 2.31. The fraction of sp³-hybridized carbons (Fsp3) is 0.286. The van der Waals surface area contributed by atoms with Crippen molar-refractivity contribution in [2.24, 2.45) is 0 Å². The summed E-state index contributed by atoms with van der Waals surface area (Å²) in [5.41, 5.74) is 0. The molecule has 0 atom stereocenters. The Balaban J connectivity index is 2.52. The topological polar surface area (TPSA) is 12.9 Å². The van der Waals surface area contributed by atoms with Crippen LogP contribution in [-0.2, 0) is 6.42 Å². The van der Waals surface area contributed by atoms with Crippen LogP contribution in [0, 0.1) is 12.3 Å². The summed E-state index contributed by atoms with van der Waals surface area (Å²) in [5, 5.41) is 1.10. The number of thiazole rings is 1. The summed E-state index contributed by atoms with van der Waals surface area (Å²) in [6.07, 6.45) is 8.57. The fourth-order valence-corrected chi connectivity index (χ4v) is 1.89. The SMILES string of the molecule is C#CCCc1ncc(Br)s1. The Labute approximate surface area is 72.6 Å². The maximum Gasteiger partial charge on any atom is 0.0946 e. The summed E-state index contributed by atoms with van der Waals surface area (Å²) < 4.78 is 1.07. The van der Waals surface area contributed by atoms with E-state index in [2.05, 4.69) is 26.8 Å². The molecular weight excluding hydrogens is 210 g/mol. The molecule has 0 aliphatic heterocycles. The number of terminal acetylenes is 1. The summed E-state index contributed by atoms with van der Waals surface area (Å²) in [7, 11) is 0. The largest absolute Gasteiger partial charge is 0.248 e. The molecule has 0 amide bonds. The van der Waals surface area contributed by atoms with Gasteiger partial charge in [0, 0.05) is 12.8 Å². The lowest BCUT2D eigenvalue weighted by atomic mass is 10.3. The second-order valence-electron chi connectivity index (χ2n) is 1.76. The molecule has 0 aliphatic carbocycles. The number of aromatic nitrogens is 1. The quantitative estimate of drug-likeness (QED) is 0.692. The monoisotopic (exact) mass is 215 g/mol. The van der Waals surface area contributed by atoms with Crippen LogP contribution in [0.5, 0.6) is 0 Å². The zero-order valence-corrected chi connectivity index (χ0v) is 7.70. The average molecular weight is 216 g/mol. The smallest absolute Gasteiger partial charge is 0.0946 e. The molecular formula is C7H6BrNS. The van der Waals surface area contributed by atoms with Crippen LogP contribution in [0.4, 0.5) is 0 Å². The standard InChI is InChI=1S/C7H6BrNS/c1-2-3-4-7-9-5-6(8)10-7/h1,5H,3-4H2. The molecule has 10 heavy (non-hydrogen) atoms. The van der Waals surface area contributed by atoms with E-state index in [1.165, 1.54) is 0 Å². The highest BCUT2D eigenvalue weighted by Gasteiger charge is 1.96. The first-order valence-corrected chi connectivity index (χ1v) is 4.47. The number of hydrogen-bond acceptors (Lipinski definition) is 2. The van der Waals surface area contributed by atoms with Gasteiger partial charge in [-0.25, -0.2) is 4.98 Å². The van der Waals surface area contributed by atoms with Crippen molar-refractivity contribution >= 4 is 27.3 Å². The minimum Gasteiger partial charge on any atom is -0.248 e. The maximum atomic E-state index is 5.10.